The largest absolute Gasteiger partial charge is 0.489 e. The molecule has 0 amide bonds. The monoisotopic (exact) mass is 293 g/mol. The Bertz CT molecular complexity index is 569. The number of ether oxygens (including phenoxy) is 1. The van der Waals surface area contributed by atoms with Crippen molar-refractivity contribution >= 4 is 11.6 Å². The van der Waals surface area contributed by atoms with Crippen molar-refractivity contribution in [3.63, 3.8) is 0 Å². The highest BCUT2D eigenvalue weighted by Crippen LogP contribution is 2.22. The molecule has 0 aliphatic rings. The molecule has 0 fully saturated rings. The van der Waals surface area contributed by atoms with Crippen LogP contribution in [0.2, 0.25) is 5.02 Å². The molecule has 0 radical (unpaired) electrons. The first-order valence-corrected chi connectivity index (χ1v) is 6.84. The Labute approximate surface area is 123 Å². The van der Waals surface area contributed by atoms with E-state index in [0.717, 1.165) is 17.7 Å². The molecule has 0 saturated heterocycles. The van der Waals surface area contributed by atoms with Gasteiger partial charge in [0.2, 0.25) is 0 Å². The quantitative estimate of drug-likeness (QED) is 0.906. The maximum absolute atomic E-state index is 13.3. The maximum atomic E-state index is 13.3. The van der Waals surface area contributed by atoms with Crippen LogP contribution in [0.3, 0.4) is 0 Å². The molecule has 2 nitrogen and oxygen atoms in total. The van der Waals surface area contributed by atoms with Gasteiger partial charge in [0, 0.05) is 11.6 Å². The fraction of sp³-hybridized carbons (Fsp3) is 0.250. The van der Waals surface area contributed by atoms with Gasteiger partial charge in [-0.2, -0.15) is 0 Å². The van der Waals surface area contributed by atoms with Gasteiger partial charge in [-0.1, -0.05) is 35.9 Å². The van der Waals surface area contributed by atoms with E-state index in [2.05, 4.69) is 0 Å². The highest BCUT2D eigenvalue weighted by atomic mass is 35.5. The summed E-state index contributed by atoms with van der Waals surface area (Å²) in [7, 11) is 0. The standard InChI is InChI=1S/C16H17ClFNO/c1-11(19)9-12-5-7-14(8-6-12)20-10-13-3-2-4-15(18)16(13)17/h2-8,11H,9-10,19H2,1H3. The van der Waals surface area contributed by atoms with Crippen molar-refractivity contribution in [2.24, 2.45) is 5.73 Å². The predicted molar refractivity (Wildman–Crippen MR) is 79.5 cm³/mol. The van der Waals surface area contributed by atoms with Gasteiger partial charge in [0.1, 0.15) is 18.2 Å². The number of hydrogen-bond donors (Lipinski definition) is 1. The van der Waals surface area contributed by atoms with Gasteiger partial charge in [-0.3, -0.25) is 0 Å². The Morgan fingerprint density at radius 3 is 2.55 bits per heavy atom. The summed E-state index contributed by atoms with van der Waals surface area (Å²) in [6, 6.07) is 12.5. The summed E-state index contributed by atoms with van der Waals surface area (Å²) in [5.74, 6) is 0.291. The zero-order valence-electron chi connectivity index (χ0n) is 11.3. The Kier molecular flexibility index (Phi) is 4.99. The lowest BCUT2D eigenvalue weighted by molar-refractivity contribution is 0.305. The Morgan fingerprint density at radius 1 is 1.20 bits per heavy atom. The minimum atomic E-state index is -0.431. The molecule has 2 aromatic rings. The van der Waals surface area contributed by atoms with Gasteiger partial charge < -0.3 is 10.5 Å². The van der Waals surface area contributed by atoms with E-state index in [9.17, 15) is 4.39 Å². The Morgan fingerprint density at radius 2 is 1.90 bits per heavy atom. The molecule has 0 spiro atoms. The van der Waals surface area contributed by atoms with Crippen LogP contribution in [0.5, 0.6) is 5.75 Å². The first-order chi connectivity index (χ1) is 9.56. The number of halogens is 2. The van der Waals surface area contributed by atoms with Gasteiger partial charge in [0.25, 0.3) is 0 Å². The Balaban J connectivity index is 1.99. The number of nitrogens with two attached hydrogens (primary N) is 1. The zero-order chi connectivity index (χ0) is 14.5. The van der Waals surface area contributed by atoms with Crippen LogP contribution in [0.4, 0.5) is 4.39 Å². The van der Waals surface area contributed by atoms with Crippen molar-refractivity contribution in [2.75, 3.05) is 0 Å². The van der Waals surface area contributed by atoms with Crippen molar-refractivity contribution in [1.82, 2.24) is 0 Å². The summed E-state index contributed by atoms with van der Waals surface area (Å²) < 4.78 is 18.9. The molecule has 2 N–H and O–H groups in total. The molecule has 0 saturated carbocycles. The summed E-state index contributed by atoms with van der Waals surface area (Å²) in [5, 5.41) is 0.112. The minimum absolute atomic E-state index is 0.112. The van der Waals surface area contributed by atoms with Crippen molar-refractivity contribution in [2.45, 2.75) is 26.0 Å². The minimum Gasteiger partial charge on any atom is -0.489 e. The second-order valence-electron chi connectivity index (χ2n) is 4.83. The topological polar surface area (TPSA) is 35.2 Å². The SMILES string of the molecule is CC(N)Cc1ccc(OCc2cccc(F)c2Cl)cc1. The normalized spacial score (nSPS) is 12.2. The van der Waals surface area contributed by atoms with E-state index in [1.807, 2.05) is 31.2 Å². The van der Waals surface area contributed by atoms with E-state index in [-0.39, 0.29) is 17.7 Å². The van der Waals surface area contributed by atoms with E-state index in [1.54, 1.807) is 12.1 Å². The summed E-state index contributed by atoms with van der Waals surface area (Å²) >= 11 is 5.87. The molecule has 2 aromatic carbocycles. The van der Waals surface area contributed by atoms with Crippen LogP contribution in [-0.2, 0) is 13.0 Å². The molecule has 1 atom stereocenters. The number of benzene rings is 2. The third-order valence-corrected chi connectivity index (χ3v) is 3.33. The molecule has 1 unspecified atom stereocenters. The van der Waals surface area contributed by atoms with Gasteiger partial charge in [-0.15, -0.1) is 0 Å². The van der Waals surface area contributed by atoms with Crippen LogP contribution in [0, 0.1) is 5.82 Å². The fourth-order valence-corrected chi connectivity index (χ4v) is 2.10. The highest BCUT2D eigenvalue weighted by Gasteiger charge is 2.06. The average molecular weight is 294 g/mol. The van der Waals surface area contributed by atoms with Gasteiger partial charge >= 0.3 is 0 Å². The van der Waals surface area contributed by atoms with Gasteiger partial charge in [0.05, 0.1) is 5.02 Å². The molecule has 0 aromatic heterocycles. The third-order valence-electron chi connectivity index (χ3n) is 2.91. The predicted octanol–water partition coefficient (Wildman–Crippen LogP) is 3.95. The lowest BCUT2D eigenvalue weighted by Gasteiger charge is -2.10. The van der Waals surface area contributed by atoms with E-state index < -0.39 is 5.82 Å². The highest BCUT2D eigenvalue weighted by molar-refractivity contribution is 6.31. The van der Waals surface area contributed by atoms with Crippen molar-refractivity contribution in [3.05, 3.63) is 64.4 Å². The zero-order valence-corrected chi connectivity index (χ0v) is 12.0. The van der Waals surface area contributed by atoms with Crippen LogP contribution in [-0.4, -0.2) is 6.04 Å². The van der Waals surface area contributed by atoms with Crippen LogP contribution >= 0.6 is 11.6 Å². The summed E-state index contributed by atoms with van der Waals surface area (Å²) in [4.78, 5) is 0. The van der Waals surface area contributed by atoms with Crippen molar-refractivity contribution in [1.29, 1.82) is 0 Å². The van der Waals surface area contributed by atoms with Crippen LogP contribution in [0.15, 0.2) is 42.5 Å². The smallest absolute Gasteiger partial charge is 0.142 e. The maximum Gasteiger partial charge on any atom is 0.142 e. The van der Waals surface area contributed by atoms with E-state index in [0.29, 0.717) is 5.56 Å². The molecular formula is C16H17ClFNO. The molecule has 0 heterocycles. The average Bonchev–Trinajstić information content (AvgIpc) is 2.41. The molecule has 2 rings (SSSR count). The van der Waals surface area contributed by atoms with Crippen LogP contribution in [0.25, 0.3) is 0 Å². The van der Waals surface area contributed by atoms with E-state index >= 15 is 0 Å². The Hall–Kier alpha value is -1.58. The number of rotatable bonds is 5. The molecule has 0 aliphatic carbocycles. The second-order valence-corrected chi connectivity index (χ2v) is 5.20. The molecular weight excluding hydrogens is 277 g/mol. The van der Waals surface area contributed by atoms with Crippen LogP contribution in [0.1, 0.15) is 18.1 Å². The molecule has 0 bridgehead atoms. The molecule has 106 valence electrons. The summed E-state index contributed by atoms with van der Waals surface area (Å²) in [6.45, 7) is 2.21. The second kappa shape index (κ2) is 6.73. The van der Waals surface area contributed by atoms with Crippen molar-refractivity contribution < 1.29 is 9.13 Å². The summed E-state index contributed by atoms with van der Waals surface area (Å²) in [6.07, 6.45) is 0.829. The van der Waals surface area contributed by atoms with E-state index in [4.69, 9.17) is 22.1 Å². The molecule has 4 heteroatoms. The lowest BCUT2D eigenvalue weighted by atomic mass is 10.1. The number of hydrogen-bond acceptors (Lipinski definition) is 2. The van der Waals surface area contributed by atoms with Crippen molar-refractivity contribution in [3.8, 4) is 5.75 Å². The fourth-order valence-electron chi connectivity index (χ4n) is 1.91. The van der Waals surface area contributed by atoms with Gasteiger partial charge in [-0.25, -0.2) is 4.39 Å². The lowest BCUT2D eigenvalue weighted by Crippen LogP contribution is -2.17. The molecule has 0 aliphatic heterocycles. The van der Waals surface area contributed by atoms with Crippen LogP contribution < -0.4 is 10.5 Å². The van der Waals surface area contributed by atoms with Gasteiger partial charge in [0.15, 0.2) is 0 Å². The first kappa shape index (κ1) is 14.8. The first-order valence-electron chi connectivity index (χ1n) is 6.46. The van der Waals surface area contributed by atoms with E-state index in [1.165, 1.54) is 6.07 Å². The molecule has 20 heavy (non-hydrogen) atoms. The van der Waals surface area contributed by atoms with Gasteiger partial charge in [-0.05, 0) is 37.1 Å². The summed E-state index contributed by atoms with van der Waals surface area (Å²) in [5.41, 5.74) is 7.54. The third kappa shape index (κ3) is 3.95.